The topological polar surface area (TPSA) is 12.4 Å². The summed E-state index contributed by atoms with van der Waals surface area (Å²) in [5.41, 5.74) is 0.987. The van der Waals surface area contributed by atoms with Crippen LogP contribution in [0.5, 0.6) is 0 Å². The van der Waals surface area contributed by atoms with Gasteiger partial charge in [0, 0.05) is 0 Å². The van der Waals surface area contributed by atoms with E-state index in [9.17, 15) is 4.39 Å². The highest BCUT2D eigenvalue weighted by atomic mass is 35.5. The van der Waals surface area contributed by atoms with Gasteiger partial charge in [-0.1, -0.05) is 18.5 Å². The van der Waals surface area contributed by atoms with E-state index in [2.05, 4.69) is 4.99 Å². The molecule has 0 saturated carbocycles. The number of aliphatic imine (C=N–C) groups is 1. The first-order valence-electron chi connectivity index (χ1n) is 4.05. The Labute approximate surface area is 86.8 Å². The normalized spacial score (nSPS) is 18.2. The molecule has 0 aromatic carbocycles. The average Bonchev–Trinajstić information content (AvgIpc) is 2.26. The van der Waals surface area contributed by atoms with Crippen molar-refractivity contribution in [2.75, 3.05) is 6.26 Å². The fraction of sp³-hybridized carbons (Fsp3) is 0.444. The predicted molar refractivity (Wildman–Crippen MR) is 57.9 cm³/mol. The molecule has 0 spiro atoms. The number of hydrogen-bond acceptors (Lipinski definition) is 2. The highest BCUT2D eigenvalue weighted by Crippen LogP contribution is 2.26. The van der Waals surface area contributed by atoms with E-state index in [1.165, 1.54) is 17.8 Å². The molecule has 0 bridgehead atoms. The zero-order chi connectivity index (χ0) is 9.84. The van der Waals surface area contributed by atoms with Gasteiger partial charge in [-0.2, -0.15) is 0 Å². The summed E-state index contributed by atoms with van der Waals surface area (Å²) in [5.74, 6) is -0.269. The van der Waals surface area contributed by atoms with Gasteiger partial charge in [0.2, 0.25) is 0 Å². The fourth-order valence-electron chi connectivity index (χ4n) is 1.04. The maximum atomic E-state index is 13.2. The largest absolute Gasteiger partial charge is 0.227 e. The van der Waals surface area contributed by atoms with Crippen LogP contribution in [0.3, 0.4) is 0 Å². The summed E-state index contributed by atoms with van der Waals surface area (Å²) >= 11 is 7.18. The Kier molecular flexibility index (Phi) is 4.00. The molecule has 0 fully saturated rings. The maximum absolute atomic E-state index is 13.2. The van der Waals surface area contributed by atoms with Crippen LogP contribution in [-0.2, 0) is 0 Å². The van der Waals surface area contributed by atoms with Crippen molar-refractivity contribution in [1.29, 1.82) is 0 Å². The molecule has 0 amide bonds. The minimum atomic E-state index is -0.269. The molecule has 1 aliphatic heterocycles. The molecule has 1 aliphatic rings. The van der Waals surface area contributed by atoms with Crippen LogP contribution in [0.4, 0.5) is 4.39 Å². The molecule has 1 rings (SSSR count). The van der Waals surface area contributed by atoms with Gasteiger partial charge >= 0.3 is 0 Å². The van der Waals surface area contributed by atoms with Crippen LogP contribution in [0.15, 0.2) is 27.6 Å². The maximum Gasteiger partial charge on any atom is 0.151 e. The Morgan fingerprint density at radius 2 is 2.38 bits per heavy atom. The van der Waals surface area contributed by atoms with E-state index in [4.69, 9.17) is 11.6 Å². The Morgan fingerprint density at radius 3 is 2.92 bits per heavy atom. The Bertz CT molecular complexity index is 294. The Morgan fingerprint density at radius 1 is 1.69 bits per heavy atom. The molecule has 0 atom stereocenters. The van der Waals surface area contributed by atoms with Gasteiger partial charge in [-0.25, -0.2) is 9.38 Å². The van der Waals surface area contributed by atoms with Gasteiger partial charge in [0.05, 0.1) is 0 Å². The van der Waals surface area contributed by atoms with Gasteiger partial charge in [0.25, 0.3) is 0 Å². The monoisotopic (exact) mass is 219 g/mol. The lowest BCUT2D eigenvalue weighted by molar-refractivity contribution is 0.680. The minimum absolute atomic E-state index is 0.269. The number of rotatable bonds is 1. The average molecular weight is 220 g/mol. The van der Waals surface area contributed by atoms with E-state index in [1.807, 2.05) is 6.92 Å². The second-order valence-corrected chi connectivity index (χ2v) is 3.78. The third-order valence-electron chi connectivity index (χ3n) is 1.84. The standard InChI is InChI=1S/C9H11ClFNS/c1-3-6-4-5-7(11)9(13-2)12-8(6)10/h5H,3-4H2,1-2H3. The number of nitrogens with zero attached hydrogens (tertiary/aromatic N) is 1. The lowest BCUT2D eigenvalue weighted by atomic mass is 10.1. The summed E-state index contributed by atoms with van der Waals surface area (Å²) in [6.07, 6.45) is 4.69. The summed E-state index contributed by atoms with van der Waals surface area (Å²) in [6, 6.07) is 0. The Balaban J connectivity index is 3.03. The van der Waals surface area contributed by atoms with Crippen molar-refractivity contribution < 1.29 is 4.39 Å². The minimum Gasteiger partial charge on any atom is -0.227 e. The first-order valence-corrected chi connectivity index (χ1v) is 5.65. The van der Waals surface area contributed by atoms with Gasteiger partial charge in [-0.15, -0.1) is 11.8 Å². The third kappa shape index (κ3) is 2.58. The van der Waals surface area contributed by atoms with Crippen molar-refractivity contribution in [3.63, 3.8) is 0 Å². The van der Waals surface area contributed by atoms with E-state index in [-0.39, 0.29) is 5.83 Å². The number of allylic oxidation sites excluding steroid dienone is 2. The summed E-state index contributed by atoms with van der Waals surface area (Å²) < 4.78 is 13.2. The zero-order valence-corrected chi connectivity index (χ0v) is 9.18. The second kappa shape index (κ2) is 4.82. The molecule has 0 radical (unpaired) electrons. The van der Waals surface area contributed by atoms with Gasteiger partial charge in [0.1, 0.15) is 10.2 Å². The molecular weight excluding hydrogens is 209 g/mol. The second-order valence-electron chi connectivity index (χ2n) is 2.63. The first-order chi connectivity index (χ1) is 6.19. The van der Waals surface area contributed by atoms with Crippen LogP contribution in [0.2, 0.25) is 0 Å². The molecule has 0 aromatic rings. The molecule has 0 saturated heterocycles. The van der Waals surface area contributed by atoms with Gasteiger partial charge in [0.15, 0.2) is 5.83 Å². The molecule has 0 N–H and O–H groups in total. The molecular formula is C9H11ClFNS. The van der Waals surface area contributed by atoms with Crippen molar-refractivity contribution in [1.82, 2.24) is 0 Å². The smallest absolute Gasteiger partial charge is 0.151 e. The highest BCUT2D eigenvalue weighted by Gasteiger charge is 2.12. The van der Waals surface area contributed by atoms with Crippen LogP contribution >= 0.6 is 23.4 Å². The lowest BCUT2D eigenvalue weighted by Gasteiger charge is -1.99. The van der Waals surface area contributed by atoms with Crippen molar-refractivity contribution in [2.24, 2.45) is 4.99 Å². The number of halogens is 2. The van der Waals surface area contributed by atoms with E-state index >= 15 is 0 Å². The Hall–Kier alpha value is -0.280. The predicted octanol–water partition coefficient (Wildman–Crippen LogP) is 3.87. The quantitative estimate of drug-likeness (QED) is 0.610. The van der Waals surface area contributed by atoms with Crippen LogP contribution in [0, 0.1) is 0 Å². The lowest BCUT2D eigenvalue weighted by Crippen LogP contribution is -1.90. The van der Waals surface area contributed by atoms with Crippen molar-refractivity contribution in [3.05, 3.63) is 22.6 Å². The number of thioether (sulfide) groups is 1. The van der Waals surface area contributed by atoms with E-state index in [0.717, 1.165) is 12.0 Å². The molecule has 0 unspecified atom stereocenters. The highest BCUT2D eigenvalue weighted by molar-refractivity contribution is 8.13. The molecule has 72 valence electrons. The summed E-state index contributed by atoms with van der Waals surface area (Å²) in [4.78, 5) is 4.01. The van der Waals surface area contributed by atoms with E-state index in [1.54, 1.807) is 6.26 Å². The van der Waals surface area contributed by atoms with Crippen LogP contribution in [0.25, 0.3) is 0 Å². The SMILES string of the molecule is CCC1=C(Cl)N=C(SC)C(F)=CC1. The van der Waals surface area contributed by atoms with Crippen LogP contribution in [-0.4, -0.2) is 11.3 Å². The number of hydrogen-bond donors (Lipinski definition) is 0. The summed E-state index contributed by atoms with van der Waals surface area (Å²) in [6.45, 7) is 1.99. The zero-order valence-electron chi connectivity index (χ0n) is 7.60. The van der Waals surface area contributed by atoms with Gasteiger partial charge < -0.3 is 0 Å². The van der Waals surface area contributed by atoms with E-state index < -0.39 is 0 Å². The fourth-order valence-corrected chi connectivity index (χ4v) is 1.85. The first kappa shape index (κ1) is 10.8. The molecule has 1 heterocycles. The summed E-state index contributed by atoms with van der Waals surface area (Å²) in [5, 5.41) is 0.809. The van der Waals surface area contributed by atoms with Gasteiger partial charge in [-0.3, -0.25) is 0 Å². The van der Waals surface area contributed by atoms with Crippen molar-refractivity contribution in [3.8, 4) is 0 Å². The van der Waals surface area contributed by atoms with Crippen molar-refractivity contribution in [2.45, 2.75) is 19.8 Å². The van der Waals surface area contributed by atoms with E-state index in [0.29, 0.717) is 16.6 Å². The van der Waals surface area contributed by atoms with Crippen LogP contribution in [0.1, 0.15) is 19.8 Å². The van der Waals surface area contributed by atoms with Crippen LogP contribution < -0.4 is 0 Å². The van der Waals surface area contributed by atoms with Gasteiger partial charge in [-0.05, 0) is 30.7 Å². The molecule has 0 aromatic heterocycles. The molecule has 13 heavy (non-hydrogen) atoms. The molecule has 4 heteroatoms. The molecule has 0 aliphatic carbocycles. The summed E-state index contributed by atoms with van der Waals surface area (Å²) in [7, 11) is 0. The molecule has 1 nitrogen and oxygen atoms in total. The van der Waals surface area contributed by atoms with Crippen molar-refractivity contribution >= 4 is 28.4 Å². The third-order valence-corrected chi connectivity index (χ3v) is 2.87.